The molecule has 0 fully saturated rings. The monoisotopic (exact) mass is 289 g/mol. The van der Waals surface area contributed by atoms with E-state index in [4.69, 9.17) is 5.11 Å². The minimum Gasteiger partial charge on any atom is -0.478 e. The molecule has 112 valence electrons. The molecule has 0 aliphatic rings. The molecule has 0 aliphatic heterocycles. The normalized spacial score (nSPS) is 12.3. The van der Waals surface area contributed by atoms with Gasteiger partial charge in [-0.05, 0) is 23.6 Å². The zero-order valence-corrected chi connectivity index (χ0v) is 11.9. The van der Waals surface area contributed by atoms with E-state index in [1.54, 1.807) is 11.9 Å². The molecular weight excluding hydrogens is 271 g/mol. The number of hydrogen-bond donors (Lipinski definition) is 1. The predicted octanol–water partition coefficient (Wildman–Crippen LogP) is 3.89. The first kappa shape index (κ1) is 16.3. The molecule has 20 heavy (non-hydrogen) atoms. The lowest BCUT2D eigenvalue weighted by Crippen LogP contribution is -2.30. The van der Waals surface area contributed by atoms with Crippen LogP contribution in [0.4, 0.5) is 18.9 Å². The van der Waals surface area contributed by atoms with Gasteiger partial charge < -0.3 is 10.0 Å². The summed E-state index contributed by atoms with van der Waals surface area (Å²) in [6, 6.07) is 2.79. The lowest BCUT2D eigenvalue weighted by molar-refractivity contribution is -0.137. The molecule has 0 aromatic heterocycles. The van der Waals surface area contributed by atoms with E-state index >= 15 is 0 Å². The van der Waals surface area contributed by atoms with Crippen LogP contribution in [-0.2, 0) is 6.18 Å². The number of hydrogen-bond acceptors (Lipinski definition) is 2. The van der Waals surface area contributed by atoms with Crippen LogP contribution in [0.5, 0.6) is 0 Å². The second-order valence-corrected chi connectivity index (χ2v) is 5.95. The highest BCUT2D eigenvalue weighted by Crippen LogP contribution is 2.33. The topological polar surface area (TPSA) is 40.5 Å². The summed E-state index contributed by atoms with van der Waals surface area (Å²) in [5.74, 6) is -1.37. The Kier molecular flexibility index (Phi) is 4.36. The van der Waals surface area contributed by atoms with Crippen LogP contribution < -0.4 is 4.90 Å². The summed E-state index contributed by atoms with van der Waals surface area (Å²) in [4.78, 5) is 12.8. The number of carboxylic acids is 1. The lowest BCUT2D eigenvalue weighted by Gasteiger charge is -2.29. The fourth-order valence-corrected chi connectivity index (χ4v) is 2.01. The molecule has 0 saturated heterocycles. The highest BCUT2D eigenvalue weighted by molar-refractivity contribution is 5.94. The van der Waals surface area contributed by atoms with E-state index in [0.29, 0.717) is 12.6 Å². The molecule has 0 bridgehead atoms. The molecule has 0 atom stereocenters. The fraction of sp³-hybridized carbons (Fsp3) is 0.500. The number of carbonyl (C=O) groups is 1. The largest absolute Gasteiger partial charge is 0.478 e. The van der Waals surface area contributed by atoms with E-state index in [0.717, 1.165) is 6.07 Å². The predicted molar refractivity (Wildman–Crippen MR) is 71.1 cm³/mol. The standard InChI is InChI=1S/C14H18F3NO2/c1-13(2,3)8-18(4)11-6-5-9(14(15,16)17)7-10(11)12(19)20/h5-7H,8H2,1-4H3,(H,19,20). The number of alkyl halides is 3. The maximum atomic E-state index is 12.6. The van der Waals surface area contributed by atoms with Crippen molar-refractivity contribution in [2.45, 2.75) is 26.9 Å². The van der Waals surface area contributed by atoms with Crippen molar-refractivity contribution in [3.63, 3.8) is 0 Å². The number of carboxylic acid groups (broad SMARTS) is 1. The van der Waals surface area contributed by atoms with Gasteiger partial charge in [-0.25, -0.2) is 4.79 Å². The van der Waals surface area contributed by atoms with Crippen molar-refractivity contribution in [3.8, 4) is 0 Å². The van der Waals surface area contributed by atoms with E-state index in [1.807, 2.05) is 20.8 Å². The summed E-state index contributed by atoms with van der Waals surface area (Å²) in [5.41, 5.74) is -1.12. The molecule has 0 unspecified atom stereocenters. The van der Waals surface area contributed by atoms with Crippen LogP contribution in [0.2, 0.25) is 0 Å². The first-order valence-electron chi connectivity index (χ1n) is 6.07. The van der Waals surface area contributed by atoms with E-state index in [2.05, 4.69) is 0 Å². The molecule has 0 radical (unpaired) electrons. The Morgan fingerprint density at radius 1 is 1.25 bits per heavy atom. The number of aromatic carboxylic acids is 1. The van der Waals surface area contributed by atoms with E-state index in [1.165, 1.54) is 6.07 Å². The average molecular weight is 289 g/mol. The van der Waals surface area contributed by atoms with Crippen molar-refractivity contribution in [1.29, 1.82) is 0 Å². The van der Waals surface area contributed by atoms with Gasteiger partial charge in [-0.2, -0.15) is 13.2 Å². The van der Waals surface area contributed by atoms with Crippen molar-refractivity contribution >= 4 is 11.7 Å². The van der Waals surface area contributed by atoms with Gasteiger partial charge in [0.05, 0.1) is 16.8 Å². The van der Waals surface area contributed by atoms with Crippen LogP contribution in [0.3, 0.4) is 0 Å². The Morgan fingerprint density at radius 3 is 2.20 bits per heavy atom. The third-order valence-corrected chi connectivity index (χ3v) is 2.68. The van der Waals surface area contributed by atoms with Crippen molar-refractivity contribution in [1.82, 2.24) is 0 Å². The number of nitrogens with zero attached hydrogens (tertiary/aromatic N) is 1. The Morgan fingerprint density at radius 2 is 1.80 bits per heavy atom. The van der Waals surface area contributed by atoms with Gasteiger partial charge in [0.25, 0.3) is 0 Å². The van der Waals surface area contributed by atoms with Gasteiger partial charge in [0.15, 0.2) is 0 Å². The smallest absolute Gasteiger partial charge is 0.416 e. The third kappa shape index (κ3) is 4.15. The highest BCUT2D eigenvalue weighted by atomic mass is 19.4. The number of rotatable bonds is 3. The molecule has 0 heterocycles. The minimum atomic E-state index is -4.55. The van der Waals surface area contributed by atoms with Crippen LogP contribution >= 0.6 is 0 Å². The molecule has 6 heteroatoms. The van der Waals surface area contributed by atoms with E-state index < -0.39 is 17.7 Å². The molecule has 0 spiro atoms. The van der Waals surface area contributed by atoms with E-state index in [-0.39, 0.29) is 16.7 Å². The van der Waals surface area contributed by atoms with Gasteiger partial charge in [-0.3, -0.25) is 0 Å². The number of benzene rings is 1. The fourth-order valence-electron chi connectivity index (χ4n) is 2.01. The summed E-state index contributed by atoms with van der Waals surface area (Å²) < 4.78 is 37.9. The second kappa shape index (κ2) is 5.34. The van der Waals surface area contributed by atoms with Gasteiger partial charge in [0, 0.05) is 13.6 Å². The van der Waals surface area contributed by atoms with Crippen molar-refractivity contribution in [3.05, 3.63) is 29.3 Å². The van der Waals surface area contributed by atoms with Crippen molar-refractivity contribution in [2.75, 3.05) is 18.5 Å². The second-order valence-electron chi connectivity index (χ2n) is 5.95. The summed E-state index contributed by atoms with van der Waals surface area (Å²) in [5, 5.41) is 9.11. The first-order valence-corrected chi connectivity index (χ1v) is 6.07. The highest BCUT2D eigenvalue weighted by Gasteiger charge is 2.32. The zero-order valence-electron chi connectivity index (χ0n) is 11.9. The van der Waals surface area contributed by atoms with Crippen molar-refractivity contribution in [2.24, 2.45) is 5.41 Å². The molecule has 3 nitrogen and oxygen atoms in total. The molecule has 0 saturated carbocycles. The lowest BCUT2D eigenvalue weighted by atomic mass is 9.95. The van der Waals surface area contributed by atoms with Gasteiger partial charge >= 0.3 is 12.1 Å². The Labute approximate surface area is 116 Å². The van der Waals surface area contributed by atoms with Gasteiger partial charge in [-0.1, -0.05) is 20.8 Å². The van der Waals surface area contributed by atoms with Crippen molar-refractivity contribution < 1.29 is 23.1 Å². The van der Waals surface area contributed by atoms with Crippen LogP contribution in [-0.4, -0.2) is 24.7 Å². The molecule has 0 amide bonds. The SMILES string of the molecule is CN(CC(C)(C)C)c1ccc(C(F)(F)F)cc1C(=O)O. The molecule has 1 aromatic carbocycles. The molecular formula is C14H18F3NO2. The summed E-state index contributed by atoms with van der Waals surface area (Å²) in [6.07, 6.45) is -4.55. The Bertz CT molecular complexity index is 504. The van der Waals surface area contributed by atoms with Gasteiger partial charge in [0.2, 0.25) is 0 Å². The molecule has 1 N–H and O–H groups in total. The van der Waals surface area contributed by atoms with E-state index in [9.17, 15) is 18.0 Å². The summed E-state index contributed by atoms with van der Waals surface area (Å²) in [7, 11) is 1.67. The first-order chi connectivity index (χ1) is 8.92. The van der Waals surface area contributed by atoms with Gasteiger partial charge in [-0.15, -0.1) is 0 Å². The van der Waals surface area contributed by atoms with Crippen LogP contribution in [0, 0.1) is 5.41 Å². The zero-order chi connectivity index (χ0) is 15.7. The molecule has 1 rings (SSSR count). The van der Waals surface area contributed by atoms with Crippen LogP contribution in [0.15, 0.2) is 18.2 Å². The molecule has 0 aliphatic carbocycles. The van der Waals surface area contributed by atoms with Crippen LogP contribution in [0.1, 0.15) is 36.7 Å². The Balaban J connectivity index is 3.24. The quantitative estimate of drug-likeness (QED) is 0.917. The van der Waals surface area contributed by atoms with Crippen LogP contribution in [0.25, 0.3) is 0 Å². The third-order valence-electron chi connectivity index (χ3n) is 2.68. The average Bonchev–Trinajstić information content (AvgIpc) is 2.24. The Hall–Kier alpha value is -1.72. The summed E-state index contributed by atoms with van der Waals surface area (Å²) >= 11 is 0. The number of halogens is 3. The number of anilines is 1. The maximum Gasteiger partial charge on any atom is 0.416 e. The maximum absolute atomic E-state index is 12.6. The van der Waals surface area contributed by atoms with Gasteiger partial charge in [0.1, 0.15) is 0 Å². The summed E-state index contributed by atoms with van der Waals surface area (Å²) in [6.45, 7) is 6.43. The minimum absolute atomic E-state index is 0.104. The molecule has 1 aromatic rings.